The van der Waals surface area contributed by atoms with E-state index in [0.29, 0.717) is 22.3 Å². The summed E-state index contributed by atoms with van der Waals surface area (Å²) in [5.74, 6) is -0.306. The molecule has 204 valence electrons. The minimum absolute atomic E-state index is 0.0812. The van der Waals surface area contributed by atoms with Crippen molar-refractivity contribution in [1.29, 1.82) is 0 Å². The van der Waals surface area contributed by atoms with Crippen LogP contribution < -0.4 is 29.8 Å². The highest BCUT2D eigenvalue weighted by molar-refractivity contribution is 8.10. The largest absolute Gasteiger partial charge is 0.497 e. The quantitative estimate of drug-likeness (QED) is 0.270. The molecule has 4 N–H and O–H groups in total. The van der Waals surface area contributed by atoms with Gasteiger partial charge in [0.15, 0.2) is 0 Å². The second-order valence-corrected chi connectivity index (χ2v) is 11.5. The number of aliphatic hydroxyl groups is 3. The van der Waals surface area contributed by atoms with E-state index in [1.807, 2.05) is 0 Å². The molecule has 0 spiro atoms. The van der Waals surface area contributed by atoms with Gasteiger partial charge >= 0.3 is 12.2 Å². The summed E-state index contributed by atoms with van der Waals surface area (Å²) in [5.41, 5.74) is -5.21. The summed E-state index contributed by atoms with van der Waals surface area (Å²) in [6.45, 7) is -5.15. The molecule has 12 nitrogen and oxygen atoms in total. The fourth-order valence-corrected chi connectivity index (χ4v) is 7.36. The molecule has 38 heavy (non-hydrogen) atoms. The van der Waals surface area contributed by atoms with Crippen molar-refractivity contribution in [2.45, 2.75) is 23.8 Å². The van der Waals surface area contributed by atoms with Gasteiger partial charge in [0.1, 0.15) is 41.3 Å². The summed E-state index contributed by atoms with van der Waals surface area (Å²) in [6.07, 6.45) is -4.94. The molecule has 1 saturated heterocycles. The molecule has 15 heteroatoms. The SMILES string of the molecule is COc1ccc(OP(=S)(Oc2ccc(OC)cc2)[C@@]2(n3cc(F)c(=O)[nH]c3=O)O[C@H](CO)[C@@H](O)[C@H]2O)cc1. The highest BCUT2D eigenvalue weighted by Gasteiger charge is 2.67. The molecule has 2 heterocycles. The van der Waals surface area contributed by atoms with E-state index < -0.39 is 53.9 Å². The normalized spacial score (nSPS) is 23.2. The molecule has 0 radical (unpaired) electrons. The fraction of sp³-hybridized carbons (Fsp3) is 0.304. The first kappa shape index (κ1) is 27.8. The number of rotatable bonds is 9. The molecule has 0 aliphatic carbocycles. The zero-order chi connectivity index (χ0) is 27.7. The van der Waals surface area contributed by atoms with Gasteiger partial charge in [-0.25, -0.2) is 4.79 Å². The number of hydrogen-bond acceptors (Lipinski definition) is 11. The second kappa shape index (κ2) is 10.8. The van der Waals surface area contributed by atoms with Gasteiger partial charge in [0, 0.05) is 0 Å². The molecule has 2 aromatic carbocycles. The van der Waals surface area contributed by atoms with Crippen LogP contribution in [0.25, 0.3) is 0 Å². The Balaban J connectivity index is 1.97. The first-order valence-electron chi connectivity index (χ1n) is 11.0. The van der Waals surface area contributed by atoms with Crippen LogP contribution in [0, 0.1) is 5.82 Å². The van der Waals surface area contributed by atoms with Gasteiger partial charge in [-0.1, -0.05) is 0 Å². The third-order valence-electron chi connectivity index (χ3n) is 5.80. The molecular weight excluding hydrogens is 546 g/mol. The number of benzene rings is 2. The van der Waals surface area contributed by atoms with E-state index in [1.165, 1.54) is 62.8 Å². The summed E-state index contributed by atoms with van der Waals surface area (Å²) in [5, 5.41) is 31.8. The van der Waals surface area contributed by atoms with E-state index in [9.17, 15) is 29.3 Å². The van der Waals surface area contributed by atoms with Gasteiger partial charge in [0.05, 0.1) is 27.0 Å². The zero-order valence-electron chi connectivity index (χ0n) is 20.0. The van der Waals surface area contributed by atoms with Gasteiger partial charge in [-0.15, -0.1) is 0 Å². The van der Waals surface area contributed by atoms with Crippen molar-refractivity contribution in [3.8, 4) is 23.0 Å². The van der Waals surface area contributed by atoms with Gasteiger partial charge in [-0.2, -0.15) is 4.39 Å². The van der Waals surface area contributed by atoms with Crippen molar-refractivity contribution in [3.05, 3.63) is 81.4 Å². The third-order valence-corrected chi connectivity index (χ3v) is 9.31. The van der Waals surface area contributed by atoms with Crippen LogP contribution in [0.5, 0.6) is 23.0 Å². The predicted octanol–water partition coefficient (Wildman–Crippen LogP) is 0.884. The zero-order valence-corrected chi connectivity index (χ0v) is 21.7. The maximum Gasteiger partial charge on any atom is 0.345 e. The summed E-state index contributed by atoms with van der Waals surface area (Å²) < 4.78 is 43.3. The maximum absolute atomic E-state index is 14.5. The lowest BCUT2D eigenvalue weighted by atomic mass is 10.1. The average molecular weight is 570 g/mol. The summed E-state index contributed by atoms with van der Waals surface area (Å²) in [4.78, 5) is 26.5. The van der Waals surface area contributed by atoms with Crippen molar-refractivity contribution in [1.82, 2.24) is 9.55 Å². The van der Waals surface area contributed by atoms with Crippen LogP contribution in [-0.2, 0) is 22.0 Å². The van der Waals surface area contributed by atoms with Crippen LogP contribution >= 0.6 is 6.49 Å². The number of methoxy groups -OCH3 is 2. The molecule has 3 aromatic rings. The maximum atomic E-state index is 14.5. The second-order valence-electron chi connectivity index (χ2n) is 8.07. The molecule has 0 amide bonds. The Kier molecular flexibility index (Phi) is 7.93. The predicted molar refractivity (Wildman–Crippen MR) is 135 cm³/mol. The number of nitrogens with one attached hydrogen (secondary N) is 1. The molecule has 1 aliphatic rings. The van der Waals surface area contributed by atoms with E-state index in [1.54, 1.807) is 4.98 Å². The van der Waals surface area contributed by atoms with E-state index in [4.69, 9.17) is 35.1 Å². The van der Waals surface area contributed by atoms with Gasteiger partial charge in [0.2, 0.25) is 5.82 Å². The molecular formula is C23H24FN2O10PS. The first-order chi connectivity index (χ1) is 18.1. The Bertz CT molecular complexity index is 1390. The molecule has 1 fully saturated rings. The number of nitrogens with zero attached hydrogens (tertiary/aromatic N) is 1. The van der Waals surface area contributed by atoms with Crippen LogP contribution in [0.3, 0.4) is 0 Å². The van der Waals surface area contributed by atoms with Crippen molar-refractivity contribution in [3.63, 3.8) is 0 Å². The minimum atomic E-state index is -4.33. The number of halogens is 1. The summed E-state index contributed by atoms with van der Waals surface area (Å²) >= 11 is 5.86. The molecule has 4 rings (SSSR count). The number of H-pyrrole nitrogens is 1. The molecule has 1 aromatic heterocycles. The Hall–Kier alpha value is -3.26. The van der Waals surface area contributed by atoms with Crippen molar-refractivity contribution in [2.24, 2.45) is 0 Å². The first-order valence-corrected chi connectivity index (χ1v) is 13.7. The van der Waals surface area contributed by atoms with E-state index in [-0.39, 0.29) is 11.5 Å². The van der Waals surface area contributed by atoms with Crippen LogP contribution in [0.1, 0.15) is 0 Å². The number of aromatic nitrogens is 2. The fourth-order valence-electron chi connectivity index (χ4n) is 3.88. The lowest BCUT2D eigenvalue weighted by Crippen LogP contribution is -2.53. The van der Waals surface area contributed by atoms with Crippen LogP contribution in [0.4, 0.5) is 4.39 Å². The van der Waals surface area contributed by atoms with E-state index in [0.717, 1.165) is 0 Å². The van der Waals surface area contributed by atoms with Crippen LogP contribution in [0.15, 0.2) is 64.3 Å². The number of aromatic amines is 1. The summed E-state index contributed by atoms with van der Waals surface area (Å²) in [7, 11) is 2.91. The van der Waals surface area contributed by atoms with Crippen LogP contribution in [-0.4, -0.2) is 64.0 Å². The average Bonchev–Trinajstić information content (AvgIpc) is 3.18. The van der Waals surface area contributed by atoms with Crippen molar-refractivity contribution in [2.75, 3.05) is 20.8 Å². The van der Waals surface area contributed by atoms with Crippen molar-refractivity contribution < 1.29 is 43.0 Å². The van der Waals surface area contributed by atoms with E-state index >= 15 is 0 Å². The Labute approximate surface area is 219 Å². The Morgan fingerprint density at radius 3 is 1.89 bits per heavy atom. The summed E-state index contributed by atoms with van der Waals surface area (Å²) in [6, 6.07) is 12.0. The highest BCUT2D eigenvalue weighted by Crippen LogP contribution is 2.66. The number of ether oxygens (including phenoxy) is 3. The molecule has 1 aliphatic heterocycles. The van der Waals surface area contributed by atoms with Gasteiger partial charge in [0.25, 0.3) is 11.0 Å². The molecule has 0 saturated carbocycles. The lowest BCUT2D eigenvalue weighted by molar-refractivity contribution is -0.0960. The Morgan fingerprint density at radius 2 is 1.47 bits per heavy atom. The topological polar surface area (TPSA) is 162 Å². The standard InChI is InChI=1S/C23H24FN2O10PS/c1-32-13-3-7-15(8-4-13)35-37(38,36-16-9-5-14(33-2)6-10-16)23(20(29)19(28)18(12-27)34-23)26-11-17(24)21(30)25-22(26)31/h3-11,18-20,27-29H,12H2,1-2H3,(H,25,30,31)/t18-,19-,20-,23+/m1/s1. The third kappa shape index (κ3) is 4.82. The number of hydrogen-bond donors (Lipinski definition) is 4. The molecule has 0 unspecified atom stereocenters. The van der Waals surface area contributed by atoms with E-state index in [2.05, 4.69) is 0 Å². The van der Waals surface area contributed by atoms with Crippen molar-refractivity contribution >= 4 is 18.3 Å². The van der Waals surface area contributed by atoms with Gasteiger partial charge < -0.3 is 38.6 Å². The number of aliphatic hydroxyl groups excluding tert-OH is 3. The lowest BCUT2D eigenvalue weighted by Gasteiger charge is -2.41. The minimum Gasteiger partial charge on any atom is -0.497 e. The highest BCUT2D eigenvalue weighted by atomic mass is 32.5. The van der Waals surface area contributed by atoms with Crippen LogP contribution in [0.2, 0.25) is 0 Å². The molecule has 0 bridgehead atoms. The smallest absolute Gasteiger partial charge is 0.345 e. The van der Waals surface area contributed by atoms with Gasteiger partial charge in [-0.3, -0.25) is 14.3 Å². The monoisotopic (exact) mass is 570 g/mol. The molecule has 4 atom stereocenters. The van der Waals surface area contributed by atoms with Gasteiger partial charge in [-0.05, 0) is 60.3 Å². The Morgan fingerprint density at radius 1 is 1.00 bits per heavy atom.